The van der Waals surface area contributed by atoms with Crippen molar-refractivity contribution in [1.29, 1.82) is 0 Å². The van der Waals surface area contributed by atoms with E-state index in [2.05, 4.69) is 25.5 Å². The zero-order valence-corrected chi connectivity index (χ0v) is 10.8. The quantitative estimate of drug-likeness (QED) is 0.675. The zero-order chi connectivity index (χ0) is 13.9. The van der Waals surface area contributed by atoms with Gasteiger partial charge in [-0.1, -0.05) is 6.07 Å². The molecule has 1 amide bonds. The number of nitrogens with zero attached hydrogens (tertiary/aromatic N) is 2. The molecule has 0 unspecified atom stereocenters. The third-order valence-electron chi connectivity index (χ3n) is 2.81. The summed E-state index contributed by atoms with van der Waals surface area (Å²) in [5.74, 6) is 0.000359. The third-order valence-corrected chi connectivity index (χ3v) is 2.81. The maximum absolute atomic E-state index is 12.2. The van der Waals surface area contributed by atoms with E-state index >= 15 is 0 Å². The maximum atomic E-state index is 12.2. The van der Waals surface area contributed by atoms with Crippen LogP contribution in [0.25, 0.3) is 10.9 Å². The first kappa shape index (κ1) is 12.2. The number of H-pyrrole nitrogens is 2. The number of carbonyl (C=O) groups excluding carboxylic acids is 1. The fourth-order valence-corrected chi connectivity index (χ4v) is 1.95. The summed E-state index contributed by atoms with van der Waals surface area (Å²) in [5, 5.41) is 9.95. The summed E-state index contributed by atoms with van der Waals surface area (Å²) in [6.45, 7) is 2.30. The number of rotatable bonds is 4. The minimum absolute atomic E-state index is 0.211. The minimum atomic E-state index is -0.255. The number of anilines is 1. The van der Waals surface area contributed by atoms with Gasteiger partial charge < -0.3 is 9.72 Å². The van der Waals surface area contributed by atoms with Crippen LogP contribution in [0.4, 0.5) is 5.95 Å². The van der Waals surface area contributed by atoms with E-state index in [0.717, 1.165) is 10.9 Å². The van der Waals surface area contributed by atoms with E-state index in [1.165, 1.54) is 0 Å². The van der Waals surface area contributed by atoms with Crippen molar-refractivity contribution in [1.82, 2.24) is 20.2 Å². The molecule has 0 aliphatic heterocycles. The number of fused-ring (bicyclic) bond motifs is 1. The summed E-state index contributed by atoms with van der Waals surface area (Å²) in [7, 11) is 0. The molecule has 102 valence electrons. The first-order chi connectivity index (χ1) is 9.78. The molecular weight excluding hydrogens is 258 g/mol. The number of hydrogen-bond donors (Lipinski definition) is 3. The predicted octanol–water partition coefficient (Wildman–Crippen LogP) is 1.94. The van der Waals surface area contributed by atoms with E-state index in [-0.39, 0.29) is 17.9 Å². The van der Waals surface area contributed by atoms with Crippen LogP contribution in [0.3, 0.4) is 0 Å². The number of carbonyl (C=O) groups is 1. The van der Waals surface area contributed by atoms with Crippen LogP contribution >= 0.6 is 0 Å². The van der Waals surface area contributed by atoms with Gasteiger partial charge in [-0.2, -0.15) is 4.98 Å². The van der Waals surface area contributed by atoms with Crippen LogP contribution in [-0.4, -0.2) is 32.7 Å². The van der Waals surface area contributed by atoms with Gasteiger partial charge in [-0.15, -0.1) is 5.10 Å². The second-order valence-corrected chi connectivity index (χ2v) is 4.10. The third kappa shape index (κ3) is 2.20. The smallest absolute Gasteiger partial charge is 0.337 e. The molecule has 3 N–H and O–H groups in total. The van der Waals surface area contributed by atoms with Crippen LogP contribution in [-0.2, 0) is 0 Å². The van der Waals surface area contributed by atoms with Crippen LogP contribution in [0, 0.1) is 0 Å². The lowest BCUT2D eigenvalue weighted by Crippen LogP contribution is -2.13. The normalized spacial score (nSPS) is 10.7. The van der Waals surface area contributed by atoms with Crippen molar-refractivity contribution < 1.29 is 9.53 Å². The van der Waals surface area contributed by atoms with Crippen molar-refractivity contribution in [3.8, 4) is 6.01 Å². The second kappa shape index (κ2) is 5.04. The zero-order valence-electron chi connectivity index (χ0n) is 10.8. The van der Waals surface area contributed by atoms with E-state index < -0.39 is 0 Å². The Morgan fingerprint density at radius 3 is 3.15 bits per heavy atom. The highest BCUT2D eigenvalue weighted by Crippen LogP contribution is 2.18. The molecule has 0 atom stereocenters. The number of ether oxygens (including phenoxy) is 1. The fourth-order valence-electron chi connectivity index (χ4n) is 1.95. The molecule has 0 bridgehead atoms. The molecule has 3 rings (SSSR count). The Balaban J connectivity index is 1.83. The van der Waals surface area contributed by atoms with Crippen LogP contribution in [0.5, 0.6) is 6.01 Å². The lowest BCUT2D eigenvalue weighted by atomic mass is 10.1. The van der Waals surface area contributed by atoms with Gasteiger partial charge in [0.05, 0.1) is 6.61 Å². The number of amides is 1. The van der Waals surface area contributed by atoms with Crippen molar-refractivity contribution in [2.24, 2.45) is 0 Å². The fraction of sp³-hybridized carbons (Fsp3) is 0.154. The van der Waals surface area contributed by atoms with Crippen molar-refractivity contribution in [3.05, 3.63) is 36.0 Å². The number of nitrogens with one attached hydrogen (secondary N) is 3. The van der Waals surface area contributed by atoms with Crippen molar-refractivity contribution in [3.63, 3.8) is 0 Å². The first-order valence-electron chi connectivity index (χ1n) is 6.20. The van der Waals surface area contributed by atoms with E-state index in [1.54, 1.807) is 12.3 Å². The monoisotopic (exact) mass is 271 g/mol. The highest BCUT2D eigenvalue weighted by molar-refractivity contribution is 6.11. The Hall–Kier alpha value is -2.83. The van der Waals surface area contributed by atoms with Crippen LogP contribution < -0.4 is 10.1 Å². The average molecular weight is 271 g/mol. The van der Waals surface area contributed by atoms with Gasteiger partial charge in [-0.25, -0.2) is 5.10 Å². The lowest BCUT2D eigenvalue weighted by molar-refractivity contribution is 0.102. The predicted molar refractivity (Wildman–Crippen MR) is 73.8 cm³/mol. The Morgan fingerprint density at radius 1 is 1.40 bits per heavy atom. The molecule has 20 heavy (non-hydrogen) atoms. The summed E-state index contributed by atoms with van der Waals surface area (Å²) in [5.41, 5.74) is 1.48. The number of aromatic nitrogens is 4. The molecule has 0 saturated carbocycles. The largest absolute Gasteiger partial charge is 0.463 e. The van der Waals surface area contributed by atoms with Gasteiger partial charge in [0.15, 0.2) is 0 Å². The van der Waals surface area contributed by atoms with Crippen LogP contribution in [0.2, 0.25) is 0 Å². The van der Waals surface area contributed by atoms with Gasteiger partial charge in [0.1, 0.15) is 0 Å². The van der Waals surface area contributed by atoms with Gasteiger partial charge in [-0.05, 0) is 25.1 Å². The highest BCUT2D eigenvalue weighted by atomic mass is 16.5. The number of aromatic amines is 2. The van der Waals surface area contributed by atoms with Crippen molar-refractivity contribution in [2.45, 2.75) is 6.92 Å². The van der Waals surface area contributed by atoms with Gasteiger partial charge in [-0.3, -0.25) is 10.1 Å². The molecule has 0 saturated heterocycles. The molecule has 7 nitrogen and oxygen atoms in total. The van der Waals surface area contributed by atoms with Crippen LogP contribution in [0.1, 0.15) is 17.3 Å². The summed E-state index contributed by atoms with van der Waals surface area (Å²) in [6.07, 6.45) is 1.79. The summed E-state index contributed by atoms with van der Waals surface area (Å²) < 4.78 is 5.12. The van der Waals surface area contributed by atoms with Gasteiger partial charge in [0, 0.05) is 22.7 Å². The molecule has 0 aliphatic rings. The molecule has 0 spiro atoms. The molecule has 3 aromatic rings. The lowest BCUT2D eigenvalue weighted by Gasteiger charge is -2.02. The summed E-state index contributed by atoms with van der Waals surface area (Å²) in [6, 6.07) is 7.55. The Labute approximate surface area is 114 Å². The van der Waals surface area contributed by atoms with Gasteiger partial charge >= 0.3 is 6.01 Å². The molecular formula is C13H13N5O2. The number of benzene rings is 1. The van der Waals surface area contributed by atoms with E-state index in [9.17, 15) is 4.79 Å². The average Bonchev–Trinajstić information content (AvgIpc) is 3.07. The van der Waals surface area contributed by atoms with Crippen molar-refractivity contribution >= 4 is 22.8 Å². The molecule has 2 aromatic heterocycles. The van der Waals surface area contributed by atoms with Gasteiger partial charge in [0.25, 0.3) is 5.91 Å². The molecule has 7 heteroatoms. The second-order valence-electron chi connectivity index (χ2n) is 4.10. The Morgan fingerprint density at radius 2 is 2.30 bits per heavy atom. The van der Waals surface area contributed by atoms with Crippen molar-refractivity contribution in [2.75, 3.05) is 11.9 Å². The molecule has 1 aromatic carbocycles. The Bertz CT molecular complexity index is 746. The molecule has 0 fully saturated rings. The van der Waals surface area contributed by atoms with E-state index in [0.29, 0.717) is 12.2 Å². The Kier molecular flexibility index (Phi) is 3.08. The summed E-state index contributed by atoms with van der Waals surface area (Å²) in [4.78, 5) is 19.3. The number of hydrogen-bond acceptors (Lipinski definition) is 4. The molecule has 2 heterocycles. The summed E-state index contributed by atoms with van der Waals surface area (Å²) >= 11 is 0. The van der Waals surface area contributed by atoms with E-state index in [4.69, 9.17) is 4.74 Å². The minimum Gasteiger partial charge on any atom is -0.463 e. The molecule has 0 radical (unpaired) electrons. The van der Waals surface area contributed by atoms with Crippen LogP contribution in [0.15, 0.2) is 30.5 Å². The topological polar surface area (TPSA) is 95.7 Å². The van der Waals surface area contributed by atoms with Gasteiger partial charge in [0.2, 0.25) is 5.95 Å². The molecule has 0 aliphatic carbocycles. The first-order valence-corrected chi connectivity index (χ1v) is 6.20. The van der Waals surface area contributed by atoms with E-state index in [1.807, 2.05) is 25.1 Å². The standard InChI is InChI=1S/C13H13N5O2/c1-2-20-13-16-12(17-18-13)15-11(19)9-4-3-5-10-8(9)6-7-14-10/h3-7,14H,2H2,1H3,(H2,15,16,17,18,19). The maximum Gasteiger partial charge on any atom is 0.337 e. The SMILES string of the molecule is CCOc1n[nH]c(NC(=O)c2cccc3[nH]ccc23)n1. The highest BCUT2D eigenvalue weighted by Gasteiger charge is 2.13.